The number of hydrogen-bond donors (Lipinski definition) is 3. The number of alkyl carbamates (subject to hydrolysis) is 1. The number of likely N-dealkylation sites (N-methyl/N-ethyl adjacent to an activating group) is 1. The van der Waals surface area contributed by atoms with Crippen LogP contribution in [0.25, 0.3) is 11.1 Å². The molecule has 8 heteroatoms. The molecule has 1 saturated carbocycles. The van der Waals surface area contributed by atoms with E-state index in [4.69, 9.17) is 4.74 Å². The molecule has 0 aliphatic heterocycles. The van der Waals surface area contributed by atoms with Crippen molar-refractivity contribution in [1.29, 1.82) is 0 Å². The summed E-state index contributed by atoms with van der Waals surface area (Å²) >= 11 is 0. The second-order valence-corrected chi connectivity index (χ2v) is 11.1. The standard InChI is InChI=1S/C33H37N3O5/c1-36(19-22-9-3-2-4-10-22)20-30(32(38)39)35-31(37)17-24(23-15-16-23)18-34-33(40)41-21-29-27-13-7-5-11-25(27)26-12-6-8-14-28(26)29/h2-14,23-24,29-30H,15-21H2,1H3,(H,34,40)(H,35,37)(H,38,39). The lowest BCUT2D eigenvalue weighted by Gasteiger charge is -2.23. The summed E-state index contributed by atoms with van der Waals surface area (Å²) in [6.07, 6.45) is 1.63. The van der Waals surface area contributed by atoms with Gasteiger partial charge in [0.25, 0.3) is 0 Å². The van der Waals surface area contributed by atoms with Crippen molar-refractivity contribution in [3.63, 3.8) is 0 Å². The van der Waals surface area contributed by atoms with Gasteiger partial charge in [0.1, 0.15) is 12.6 Å². The van der Waals surface area contributed by atoms with Gasteiger partial charge in [-0.25, -0.2) is 9.59 Å². The zero-order valence-electron chi connectivity index (χ0n) is 23.3. The first-order chi connectivity index (χ1) is 19.9. The molecule has 2 aliphatic carbocycles. The molecule has 0 aromatic heterocycles. The summed E-state index contributed by atoms with van der Waals surface area (Å²) in [6, 6.07) is 25.1. The molecule has 41 heavy (non-hydrogen) atoms. The highest BCUT2D eigenvalue weighted by molar-refractivity contribution is 5.84. The van der Waals surface area contributed by atoms with Gasteiger partial charge in [0.2, 0.25) is 5.91 Å². The van der Waals surface area contributed by atoms with Crippen LogP contribution in [-0.2, 0) is 20.9 Å². The number of ether oxygens (including phenoxy) is 1. The third kappa shape index (κ3) is 7.32. The van der Waals surface area contributed by atoms with Gasteiger partial charge in [-0.2, -0.15) is 0 Å². The van der Waals surface area contributed by atoms with Crippen LogP contribution in [0, 0.1) is 11.8 Å². The Morgan fingerprint density at radius 1 is 0.927 bits per heavy atom. The minimum atomic E-state index is -1.07. The number of nitrogens with zero attached hydrogens (tertiary/aromatic N) is 1. The van der Waals surface area contributed by atoms with Gasteiger partial charge in [0.15, 0.2) is 0 Å². The molecule has 3 N–H and O–H groups in total. The highest BCUT2D eigenvalue weighted by Crippen LogP contribution is 2.44. The van der Waals surface area contributed by atoms with Crippen LogP contribution in [0.5, 0.6) is 0 Å². The highest BCUT2D eigenvalue weighted by Gasteiger charge is 2.34. The summed E-state index contributed by atoms with van der Waals surface area (Å²) in [6.45, 7) is 1.29. The van der Waals surface area contributed by atoms with Gasteiger partial charge < -0.3 is 20.5 Å². The summed E-state index contributed by atoms with van der Waals surface area (Å²) < 4.78 is 5.65. The van der Waals surface area contributed by atoms with E-state index in [-0.39, 0.29) is 37.3 Å². The SMILES string of the molecule is CN(Cc1ccccc1)CC(NC(=O)CC(CNC(=O)OCC1c2ccccc2-c2ccccc21)C1CC1)C(=O)O. The Labute approximate surface area is 240 Å². The van der Waals surface area contributed by atoms with Crippen LogP contribution in [0.3, 0.4) is 0 Å². The van der Waals surface area contributed by atoms with Crippen molar-refractivity contribution in [2.45, 2.75) is 37.8 Å². The van der Waals surface area contributed by atoms with E-state index < -0.39 is 18.1 Å². The fraction of sp³-hybridized carbons (Fsp3) is 0.364. The summed E-state index contributed by atoms with van der Waals surface area (Å²) in [5.41, 5.74) is 5.71. The second kappa shape index (κ2) is 13.0. The van der Waals surface area contributed by atoms with Crippen LogP contribution >= 0.6 is 0 Å². The van der Waals surface area contributed by atoms with Gasteiger partial charge in [-0.3, -0.25) is 9.69 Å². The maximum absolute atomic E-state index is 12.9. The normalized spacial score (nSPS) is 15.5. The monoisotopic (exact) mass is 555 g/mol. The number of fused-ring (bicyclic) bond motifs is 3. The van der Waals surface area contributed by atoms with Crippen molar-refractivity contribution in [2.75, 3.05) is 26.7 Å². The average Bonchev–Trinajstić information content (AvgIpc) is 3.77. The van der Waals surface area contributed by atoms with E-state index in [2.05, 4.69) is 34.9 Å². The Kier molecular flexibility index (Phi) is 8.99. The number of benzene rings is 3. The molecule has 0 saturated heterocycles. The Morgan fingerprint density at radius 3 is 2.15 bits per heavy atom. The number of carbonyl (C=O) groups excluding carboxylic acids is 2. The van der Waals surface area contributed by atoms with E-state index in [1.165, 1.54) is 11.1 Å². The maximum atomic E-state index is 12.9. The first-order valence-electron chi connectivity index (χ1n) is 14.2. The van der Waals surface area contributed by atoms with Crippen molar-refractivity contribution in [1.82, 2.24) is 15.5 Å². The first-order valence-corrected chi connectivity index (χ1v) is 14.2. The number of nitrogens with one attached hydrogen (secondary N) is 2. The molecule has 3 aromatic carbocycles. The quantitative estimate of drug-likeness (QED) is 0.284. The van der Waals surface area contributed by atoms with Crippen LogP contribution in [0.2, 0.25) is 0 Å². The van der Waals surface area contributed by atoms with E-state index in [9.17, 15) is 19.5 Å². The van der Waals surface area contributed by atoms with E-state index >= 15 is 0 Å². The van der Waals surface area contributed by atoms with E-state index in [0.29, 0.717) is 19.0 Å². The number of carboxylic acid groups (broad SMARTS) is 1. The molecular formula is C33H37N3O5. The molecule has 0 bridgehead atoms. The van der Waals surface area contributed by atoms with Crippen LogP contribution in [0.1, 0.15) is 41.9 Å². The van der Waals surface area contributed by atoms with Crippen molar-refractivity contribution in [3.8, 4) is 11.1 Å². The minimum Gasteiger partial charge on any atom is -0.480 e. The van der Waals surface area contributed by atoms with E-state index in [0.717, 1.165) is 29.5 Å². The first kappa shape index (κ1) is 28.4. The van der Waals surface area contributed by atoms with Crippen LogP contribution < -0.4 is 10.6 Å². The number of carbonyl (C=O) groups is 3. The molecule has 0 spiro atoms. The molecule has 0 heterocycles. The molecule has 2 atom stereocenters. The van der Waals surface area contributed by atoms with Gasteiger partial charge in [0.05, 0.1) is 0 Å². The third-order valence-corrected chi connectivity index (χ3v) is 8.01. The minimum absolute atomic E-state index is 0.0221. The molecule has 0 radical (unpaired) electrons. The smallest absolute Gasteiger partial charge is 0.407 e. The van der Waals surface area contributed by atoms with Crippen molar-refractivity contribution < 1.29 is 24.2 Å². The second-order valence-electron chi connectivity index (χ2n) is 11.1. The van der Waals surface area contributed by atoms with Crippen LogP contribution in [0.4, 0.5) is 4.79 Å². The van der Waals surface area contributed by atoms with E-state index in [1.807, 2.05) is 66.5 Å². The van der Waals surface area contributed by atoms with Crippen molar-refractivity contribution in [2.24, 2.45) is 11.8 Å². The number of rotatable bonds is 13. The van der Waals surface area contributed by atoms with Gasteiger partial charge in [-0.05, 0) is 59.5 Å². The van der Waals surface area contributed by atoms with Crippen molar-refractivity contribution >= 4 is 18.0 Å². The summed E-state index contributed by atoms with van der Waals surface area (Å²) in [5.74, 6) is -1.16. The lowest BCUT2D eigenvalue weighted by Crippen LogP contribution is -2.48. The summed E-state index contributed by atoms with van der Waals surface area (Å²) in [7, 11) is 1.83. The molecule has 2 aliphatic rings. The highest BCUT2D eigenvalue weighted by atomic mass is 16.5. The van der Waals surface area contributed by atoms with Gasteiger partial charge >= 0.3 is 12.1 Å². The Balaban J connectivity index is 1.10. The molecule has 8 nitrogen and oxygen atoms in total. The zero-order chi connectivity index (χ0) is 28.8. The maximum Gasteiger partial charge on any atom is 0.407 e. The van der Waals surface area contributed by atoms with Crippen LogP contribution in [-0.4, -0.2) is 60.8 Å². The van der Waals surface area contributed by atoms with Gasteiger partial charge in [-0.15, -0.1) is 0 Å². The molecule has 3 aromatic rings. The Morgan fingerprint density at radius 2 is 1.54 bits per heavy atom. The molecule has 214 valence electrons. The predicted molar refractivity (Wildman–Crippen MR) is 156 cm³/mol. The van der Waals surface area contributed by atoms with Crippen molar-refractivity contribution in [3.05, 3.63) is 95.6 Å². The third-order valence-electron chi connectivity index (χ3n) is 8.01. The number of amides is 2. The lowest BCUT2D eigenvalue weighted by atomic mass is 9.98. The average molecular weight is 556 g/mol. The fourth-order valence-corrected chi connectivity index (χ4v) is 5.79. The Hall–Kier alpha value is -4.17. The molecule has 5 rings (SSSR count). The fourth-order valence-electron chi connectivity index (χ4n) is 5.79. The van der Waals surface area contributed by atoms with Crippen LogP contribution in [0.15, 0.2) is 78.9 Å². The molecule has 2 amide bonds. The molecule has 1 fully saturated rings. The Bertz CT molecular complexity index is 1330. The summed E-state index contributed by atoms with van der Waals surface area (Å²) in [4.78, 5) is 39.3. The largest absolute Gasteiger partial charge is 0.480 e. The predicted octanol–water partition coefficient (Wildman–Crippen LogP) is 4.64. The van der Waals surface area contributed by atoms with Gasteiger partial charge in [0, 0.05) is 32.0 Å². The van der Waals surface area contributed by atoms with E-state index in [1.54, 1.807) is 0 Å². The molecular weight excluding hydrogens is 518 g/mol. The lowest BCUT2D eigenvalue weighted by molar-refractivity contribution is -0.142. The number of aliphatic carboxylic acids is 1. The number of hydrogen-bond acceptors (Lipinski definition) is 5. The van der Waals surface area contributed by atoms with Gasteiger partial charge in [-0.1, -0.05) is 78.9 Å². The topological polar surface area (TPSA) is 108 Å². The summed E-state index contributed by atoms with van der Waals surface area (Å²) in [5, 5.41) is 15.3. The zero-order valence-corrected chi connectivity index (χ0v) is 23.3. The number of carboxylic acids is 1. The molecule has 2 unspecified atom stereocenters.